The molecule has 1 aromatic rings. The van der Waals surface area contributed by atoms with Crippen LogP contribution in [0.3, 0.4) is 0 Å². The Morgan fingerprint density at radius 3 is 2.65 bits per heavy atom. The van der Waals surface area contributed by atoms with Gasteiger partial charge >= 0.3 is 0 Å². The van der Waals surface area contributed by atoms with E-state index in [-0.39, 0.29) is 17.3 Å². The molecule has 0 spiro atoms. The highest BCUT2D eigenvalue weighted by Gasteiger charge is 2.13. The van der Waals surface area contributed by atoms with Crippen LogP contribution in [0.25, 0.3) is 0 Å². The van der Waals surface area contributed by atoms with Gasteiger partial charge in [0.05, 0.1) is 16.4 Å². The van der Waals surface area contributed by atoms with E-state index >= 15 is 0 Å². The van der Waals surface area contributed by atoms with Gasteiger partial charge in [0.25, 0.3) is 0 Å². The van der Waals surface area contributed by atoms with Crippen LogP contribution in [-0.4, -0.2) is 17.0 Å². The molecule has 2 N–H and O–H groups in total. The molecular formula is C11H16ClFN2OS. The molecule has 0 saturated carbocycles. The Bertz CT molecular complexity index is 426. The third kappa shape index (κ3) is 3.85. The molecule has 0 fully saturated rings. The maximum atomic E-state index is 13.9. The predicted octanol–water partition coefficient (Wildman–Crippen LogP) is 3.25. The first kappa shape index (κ1) is 14.3. The second-order valence-corrected chi connectivity index (χ2v) is 5.68. The van der Waals surface area contributed by atoms with E-state index in [9.17, 15) is 8.60 Å². The zero-order chi connectivity index (χ0) is 13.0. The minimum Gasteiger partial charge on any atom is -0.384 e. The summed E-state index contributed by atoms with van der Waals surface area (Å²) in [5.74, 6) is 0.233. The van der Waals surface area contributed by atoms with Crippen molar-refractivity contribution in [2.75, 3.05) is 22.8 Å². The highest BCUT2D eigenvalue weighted by atomic mass is 35.5. The molecule has 3 nitrogen and oxygen atoms in total. The third-order valence-corrected chi connectivity index (χ3v) is 3.78. The summed E-state index contributed by atoms with van der Waals surface area (Å²) in [5.41, 5.74) is 0.399. The van der Waals surface area contributed by atoms with E-state index in [1.165, 1.54) is 6.07 Å². The molecule has 0 heterocycles. The second-order valence-electron chi connectivity index (χ2n) is 4.04. The number of nitrogens with one attached hydrogen (secondary N) is 2. The summed E-state index contributed by atoms with van der Waals surface area (Å²) in [7, 11) is 0.293. The standard InChI is InChI=1S/C11H16ClFN2OS/c1-7(2)6-17(16)15-9-5-4-8(12)11(14-3)10(9)13/h4-5,7,14-15H,6H2,1-3H3. The molecule has 1 rings (SSSR count). The van der Waals surface area contributed by atoms with Gasteiger partial charge in [-0.2, -0.15) is 0 Å². The van der Waals surface area contributed by atoms with Gasteiger partial charge in [0, 0.05) is 12.8 Å². The summed E-state index contributed by atoms with van der Waals surface area (Å²) in [6.07, 6.45) is 0. The highest BCUT2D eigenvalue weighted by Crippen LogP contribution is 2.30. The number of hydrogen-bond donors (Lipinski definition) is 2. The average molecular weight is 279 g/mol. The van der Waals surface area contributed by atoms with Crippen LogP contribution in [0, 0.1) is 11.7 Å². The van der Waals surface area contributed by atoms with Gasteiger partial charge in [-0.05, 0) is 18.1 Å². The van der Waals surface area contributed by atoms with Crippen molar-refractivity contribution in [1.29, 1.82) is 0 Å². The molecule has 0 radical (unpaired) electrons. The van der Waals surface area contributed by atoms with Gasteiger partial charge in [-0.25, -0.2) is 8.60 Å². The van der Waals surface area contributed by atoms with Gasteiger partial charge in [-0.3, -0.25) is 0 Å². The van der Waals surface area contributed by atoms with E-state index in [0.717, 1.165) is 0 Å². The SMILES string of the molecule is CNc1c(Cl)ccc(NS(=O)CC(C)C)c1F. The molecule has 0 amide bonds. The number of benzene rings is 1. The number of hydrogen-bond acceptors (Lipinski definition) is 2. The molecule has 0 aliphatic heterocycles. The Morgan fingerprint density at radius 2 is 2.12 bits per heavy atom. The Morgan fingerprint density at radius 1 is 1.47 bits per heavy atom. The molecule has 0 bridgehead atoms. The third-order valence-electron chi connectivity index (χ3n) is 2.05. The normalized spacial score (nSPS) is 12.6. The van der Waals surface area contributed by atoms with E-state index in [1.807, 2.05) is 13.8 Å². The van der Waals surface area contributed by atoms with Gasteiger partial charge in [0.1, 0.15) is 11.0 Å². The fourth-order valence-electron chi connectivity index (χ4n) is 1.33. The van der Waals surface area contributed by atoms with Gasteiger partial charge < -0.3 is 10.0 Å². The summed E-state index contributed by atoms with van der Waals surface area (Å²) in [4.78, 5) is 0. The van der Waals surface area contributed by atoms with E-state index in [1.54, 1.807) is 13.1 Å². The Labute approximate surface area is 108 Å². The molecule has 1 aromatic carbocycles. The van der Waals surface area contributed by atoms with Crippen molar-refractivity contribution >= 4 is 34.0 Å². The van der Waals surface area contributed by atoms with Crippen molar-refractivity contribution in [2.45, 2.75) is 13.8 Å². The topological polar surface area (TPSA) is 41.1 Å². The van der Waals surface area contributed by atoms with Gasteiger partial charge in [0.15, 0.2) is 5.82 Å². The second kappa shape index (κ2) is 6.21. The van der Waals surface area contributed by atoms with Gasteiger partial charge in [-0.15, -0.1) is 0 Å². The van der Waals surface area contributed by atoms with E-state index in [0.29, 0.717) is 10.8 Å². The average Bonchev–Trinajstić information content (AvgIpc) is 2.22. The van der Waals surface area contributed by atoms with Crippen LogP contribution in [0.5, 0.6) is 0 Å². The quantitative estimate of drug-likeness (QED) is 0.868. The first-order valence-corrected chi connectivity index (χ1v) is 6.96. The number of rotatable bonds is 5. The van der Waals surface area contributed by atoms with E-state index in [2.05, 4.69) is 10.0 Å². The lowest BCUT2D eigenvalue weighted by atomic mass is 10.2. The fraction of sp³-hybridized carbons (Fsp3) is 0.455. The van der Waals surface area contributed by atoms with Crippen molar-refractivity contribution in [3.05, 3.63) is 23.0 Å². The van der Waals surface area contributed by atoms with Crippen LogP contribution in [0.4, 0.5) is 15.8 Å². The van der Waals surface area contributed by atoms with Crippen LogP contribution in [-0.2, 0) is 11.0 Å². The molecular weight excluding hydrogens is 263 g/mol. The smallest absolute Gasteiger partial charge is 0.171 e. The van der Waals surface area contributed by atoms with Crippen molar-refractivity contribution < 1.29 is 8.60 Å². The van der Waals surface area contributed by atoms with Gasteiger partial charge in [0.2, 0.25) is 0 Å². The van der Waals surface area contributed by atoms with E-state index < -0.39 is 16.8 Å². The summed E-state index contributed by atoms with van der Waals surface area (Å²) in [5, 5.41) is 2.97. The number of anilines is 2. The van der Waals surface area contributed by atoms with Crippen LogP contribution in [0.1, 0.15) is 13.8 Å². The molecule has 96 valence electrons. The maximum absolute atomic E-state index is 13.9. The van der Waals surface area contributed by atoms with E-state index in [4.69, 9.17) is 11.6 Å². The summed E-state index contributed by atoms with van der Waals surface area (Å²) in [6, 6.07) is 3.04. The molecule has 0 aliphatic carbocycles. The Hall–Kier alpha value is -0.810. The van der Waals surface area contributed by atoms with Crippen molar-refractivity contribution in [1.82, 2.24) is 0 Å². The lowest BCUT2D eigenvalue weighted by Crippen LogP contribution is -2.14. The maximum Gasteiger partial charge on any atom is 0.171 e. The minimum atomic E-state index is -1.29. The van der Waals surface area contributed by atoms with Gasteiger partial charge in [-0.1, -0.05) is 25.4 Å². The molecule has 6 heteroatoms. The lowest BCUT2D eigenvalue weighted by Gasteiger charge is -2.12. The largest absolute Gasteiger partial charge is 0.384 e. The first-order chi connectivity index (χ1) is 7.95. The predicted molar refractivity (Wildman–Crippen MR) is 72.4 cm³/mol. The molecule has 1 unspecified atom stereocenters. The van der Waals surface area contributed by atoms with Crippen LogP contribution < -0.4 is 10.0 Å². The highest BCUT2D eigenvalue weighted by molar-refractivity contribution is 7.86. The summed E-state index contributed by atoms with van der Waals surface area (Å²) < 4.78 is 28.2. The Balaban J connectivity index is 2.89. The van der Waals surface area contributed by atoms with Crippen molar-refractivity contribution in [3.63, 3.8) is 0 Å². The zero-order valence-electron chi connectivity index (χ0n) is 10.0. The van der Waals surface area contributed by atoms with Crippen LogP contribution >= 0.6 is 11.6 Å². The Kier molecular flexibility index (Phi) is 5.21. The number of halogens is 2. The molecule has 0 saturated heterocycles. The molecule has 1 atom stereocenters. The zero-order valence-corrected chi connectivity index (χ0v) is 11.6. The molecule has 17 heavy (non-hydrogen) atoms. The fourth-order valence-corrected chi connectivity index (χ4v) is 2.66. The summed E-state index contributed by atoms with van der Waals surface area (Å²) >= 11 is 5.82. The summed E-state index contributed by atoms with van der Waals surface area (Å²) in [6.45, 7) is 3.91. The van der Waals surface area contributed by atoms with Crippen LogP contribution in [0.15, 0.2) is 12.1 Å². The van der Waals surface area contributed by atoms with Crippen molar-refractivity contribution in [3.8, 4) is 0 Å². The molecule has 0 aromatic heterocycles. The lowest BCUT2D eigenvalue weighted by molar-refractivity contribution is 0.634. The van der Waals surface area contributed by atoms with Crippen molar-refractivity contribution in [2.24, 2.45) is 5.92 Å². The monoisotopic (exact) mass is 278 g/mol. The van der Waals surface area contributed by atoms with Crippen LogP contribution in [0.2, 0.25) is 5.02 Å². The minimum absolute atomic E-state index is 0.192. The first-order valence-electron chi connectivity index (χ1n) is 5.26. The molecule has 0 aliphatic rings.